The summed E-state index contributed by atoms with van der Waals surface area (Å²) in [4.78, 5) is 0. The molecule has 3 N–H and O–H groups in total. The second-order valence-electron chi connectivity index (χ2n) is 4.46. The fourth-order valence-electron chi connectivity index (χ4n) is 2.10. The Labute approximate surface area is 119 Å². The first-order chi connectivity index (χ1) is 8.90. The summed E-state index contributed by atoms with van der Waals surface area (Å²) >= 11 is 3.10. The van der Waals surface area contributed by atoms with Gasteiger partial charge in [0, 0.05) is 11.6 Å². The molecule has 0 amide bonds. The van der Waals surface area contributed by atoms with Gasteiger partial charge in [-0.15, -0.1) is 0 Å². The lowest BCUT2D eigenvalue weighted by Crippen LogP contribution is -2.10. The van der Waals surface area contributed by atoms with Crippen LogP contribution in [0, 0.1) is 19.7 Å². The van der Waals surface area contributed by atoms with Crippen LogP contribution in [0.15, 0.2) is 21.1 Å². The summed E-state index contributed by atoms with van der Waals surface area (Å²) in [7, 11) is 0. The summed E-state index contributed by atoms with van der Waals surface area (Å²) in [6.07, 6.45) is 0. The van der Waals surface area contributed by atoms with Crippen molar-refractivity contribution in [2.45, 2.75) is 26.8 Å². The Kier molecular flexibility index (Phi) is 3.80. The van der Waals surface area contributed by atoms with E-state index in [9.17, 15) is 4.39 Å². The molecule has 1 aromatic carbocycles. The van der Waals surface area contributed by atoms with Crippen LogP contribution in [0.1, 0.15) is 30.0 Å². The molecule has 4 nitrogen and oxygen atoms in total. The quantitative estimate of drug-likeness (QED) is 0.838. The Balaban J connectivity index is 2.29. The highest BCUT2D eigenvalue weighted by Crippen LogP contribution is 2.31. The van der Waals surface area contributed by atoms with E-state index in [0.717, 1.165) is 17.0 Å². The van der Waals surface area contributed by atoms with Crippen LogP contribution in [0.5, 0.6) is 0 Å². The van der Waals surface area contributed by atoms with E-state index in [4.69, 9.17) is 10.3 Å². The lowest BCUT2D eigenvalue weighted by Gasteiger charge is -2.17. The van der Waals surface area contributed by atoms with Crippen molar-refractivity contribution in [1.29, 1.82) is 0 Å². The predicted molar refractivity (Wildman–Crippen MR) is 76.5 cm³/mol. The first kappa shape index (κ1) is 13.9. The second kappa shape index (κ2) is 5.21. The number of hydrogen-bond acceptors (Lipinski definition) is 4. The number of nitrogens with two attached hydrogens (primary N) is 1. The minimum atomic E-state index is -0.359. The number of anilines is 2. The molecule has 0 radical (unpaired) electrons. The average molecular weight is 328 g/mol. The molecule has 0 aliphatic carbocycles. The molecular formula is C13H15BrFN3O. The van der Waals surface area contributed by atoms with E-state index in [1.807, 2.05) is 20.8 Å². The average Bonchev–Trinajstić information content (AvgIpc) is 2.66. The highest BCUT2D eigenvalue weighted by molar-refractivity contribution is 9.10. The fraction of sp³-hybridized carbons (Fsp3) is 0.308. The molecule has 1 atom stereocenters. The molecule has 0 saturated heterocycles. The molecule has 19 heavy (non-hydrogen) atoms. The maximum atomic E-state index is 13.5. The van der Waals surface area contributed by atoms with Crippen LogP contribution >= 0.6 is 15.9 Å². The van der Waals surface area contributed by atoms with Gasteiger partial charge >= 0.3 is 0 Å². The Morgan fingerprint density at radius 1 is 1.42 bits per heavy atom. The van der Waals surface area contributed by atoms with Crippen LogP contribution in [0.2, 0.25) is 0 Å². The zero-order chi connectivity index (χ0) is 14.2. The summed E-state index contributed by atoms with van der Waals surface area (Å²) in [5.74, 6) is 0.385. The molecule has 0 saturated carbocycles. The van der Waals surface area contributed by atoms with E-state index in [1.54, 1.807) is 0 Å². The van der Waals surface area contributed by atoms with Crippen molar-refractivity contribution >= 4 is 27.3 Å². The monoisotopic (exact) mass is 327 g/mol. The highest BCUT2D eigenvalue weighted by Gasteiger charge is 2.17. The topological polar surface area (TPSA) is 64.1 Å². The van der Waals surface area contributed by atoms with Gasteiger partial charge in [-0.05, 0) is 42.8 Å². The van der Waals surface area contributed by atoms with Crippen LogP contribution in [0.3, 0.4) is 0 Å². The van der Waals surface area contributed by atoms with Crippen molar-refractivity contribution in [3.63, 3.8) is 0 Å². The molecule has 1 heterocycles. The Morgan fingerprint density at radius 3 is 2.68 bits per heavy atom. The van der Waals surface area contributed by atoms with Gasteiger partial charge in [-0.2, -0.15) is 0 Å². The summed E-state index contributed by atoms with van der Waals surface area (Å²) in [5, 5.41) is 7.08. The Bertz CT molecular complexity index is 593. The van der Waals surface area contributed by atoms with Gasteiger partial charge in [0.1, 0.15) is 11.6 Å². The number of nitrogen functional groups attached to an aromatic ring is 1. The van der Waals surface area contributed by atoms with E-state index < -0.39 is 0 Å². The number of hydrogen-bond donors (Lipinski definition) is 2. The van der Waals surface area contributed by atoms with Gasteiger partial charge in [0.05, 0.1) is 27.6 Å². The van der Waals surface area contributed by atoms with E-state index in [-0.39, 0.29) is 11.9 Å². The third kappa shape index (κ3) is 2.73. The SMILES string of the molecule is Cc1noc(C)c1C(C)Nc1cc(F)c(Br)cc1N. The summed E-state index contributed by atoms with van der Waals surface area (Å²) < 4.78 is 19.0. The molecule has 102 valence electrons. The number of aromatic nitrogens is 1. The van der Waals surface area contributed by atoms with Gasteiger partial charge in [0.15, 0.2) is 0 Å². The van der Waals surface area contributed by atoms with Crippen molar-refractivity contribution in [2.24, 2.45) is 0 Å². The molecule has 0 bridgehead atoms. The molecule has 2 rings (SSSR count). The molecule has 6 heteroatoms. The number of rotatable bonds is 3. The number of benzene rings is 1. The number of halogens is 2. The van der Waals surface area contributed by atoms with E-state index in [2.05, 4.69) is 26.4 Å². The number of nitrogens with zero attached hydrogens (tertiary/aromatic N) is 1. The van der Waals surface area contributed by atoms with Crippen LogP contribution in [-0.2, 0) is 0 Å². The zero-order valence-electron chi connectivity index (χ0n) is 10.9. The molecule has 0 aliphatic rings. The van der Waals surface area contributed by atoms with Gasteiger partial charge in [0.2, 0.25) is 0 Å². The summed E-state index contributed by atoms with van der Waals surface area (Å²) in [5.41, 5.74) is 8.67. The minimum Gasteiger partial charge on any atom is -0.397 e. The molecule has 1 aromatic heterocycles. The summed E-state index contributed by atoms with van der Waals surface area (Å²) in [6, 6.07) is 2.83. The molecule has 2 aromatic rings. The molecule has 1 unspecified atom stereocenters. The van der Waals surface area contributed by atoms with Gasteiger partial charge in [-0.25, -0.2) is 4.39 Å². The smallest absolute Gasteiger partial charge is 0.139 e. The highest BCUT2D eigenvalue weighted by atomic mass is 79.9. The third-order valence-corrected chi connectivity index (χ3v) is 3.59. The minimum absolute atomic E-state index is 0.0749. The number of aryl methyl sites for hydroxylation is 2. The molecule has 0 spiro atoms. The van der Waals surface area contributed by atoms with E-state index >= 15 is 0 Å². The first-order valence-corrected chi connectivity index (χ1v) is 6.63. The molecular weight excluding hydrogens is 313 g/mol. The standard InChI is InChI=1S/C13H15BrFN3O/c1-6(13-7(2)18-19-8(13)3)17-12-5-10(15)9(14)4-11(12)16/h4-6,17H,16H2,1-3H3. The van der Waals surface area contributed by atoms with Crippen molar-refractivity contribution in [2.75, 3.05) is 11.1 Å². The zero-order valence-corrected chi connectivity index (χ0v) is 12.5. The largest absolute Gasteiger partial charge is 0.397 e. The predicted octanol–water partition coefficient (Wildman–Crippen LogP) is 3.95. The first-order valence-electron chi connectivity index (χ1n) is 5.84. The Hall–Kier alpha value is -1.56. The van der Waals surface area contributed by atoms with Crippen molar-refractivity contribution in [1.82, 2.24) is 5.16 Å². The van der Waals surface area contributed by atoms with Gasteiger partial charge in [0.25, 0.3) is 0 Å². The van der Waals surface area contributed by atoms with Crippen LogP contribution in [0.4, 0.5) is 15.8 Å². The van der Waals surface area contributed by atoms with Crippen molar-refractivity contribution in [3.05, 3.63) is 39.4 Å². The lowest BCUT2D eigenvalue weighted by atomic mass is 10.1. The molecule has 0 aliphatic heterocycles. The maximum Gasteiger partial charge on any atom is 0.139 e. The third-order valence-electron chi connectivity index (χ3n) is 2.99. The van der Waals surface area contributed by atoms with Gasteiger partial charge in [-0.3, -0.25) is 0 Å². The Morgan fingerprint density at radius 2 is 2.11 bits per heavy atom. The summed E-state index contributed by atoms with van der Waals surface area (Å²) in [6.45, 7) is 5.67. The van der Waals surface area contributed by atoms with E-state index in [1.165, 1.54) is 12.1 Å². The van der Waals surface area contributed by atoms with Crippen LogP contribution in [0.25, 0.3) is 0 Å². The second-order valence-corrected chi connectivity index (χ2v) is 5.31. The normalized spacial score (nSPS) is 12.5. The van der Waals surface area contributed by atoms with Crippen molar-refractivity contribution in [3.8, 4) is 0 Å². The van der Waals surface area contributed by atoms with Gasteiger partial charge < -0.3 is 15.6 Å². The fourth-order valence-corrected chi connectivity index (χ4v) is 2.46. The lowest BCUT2D eigenvalue weighted by molar-refractivity contribution is 0.392. The molecule has 0 fully saturated rings. The number of nitrogens with one attached hydrogen (secondary N) is 1. The van der Waals surface area contributed by atoms with Gasteiger partial charge in [-0.1, -0.05) is 5.16 Å². The van der Waals surface area contributed by atoms with Crippen LogP contribution < -0.4 is 11.1 Å². The van der Waals surface area contributed by atoms with Crippen LogP contribution in [-0.4, -0.2) is 5.16 Å². The maximum absolute atomic E-state index is 13.5. The van der Waals surface area contributed by atoms with E-state index in [0.29, 0.717) is 15.8 Å². The van der Waals surface area contributed by atoms with Crippen molar-refractivity contribution < 1.29 is 8.91 Å².